The Labute approximate surface area is 158 Å². The van der Waals surface area contributed by atoms with Crippen molar-refractivity contribution in [3.05, 3.63) is 42.1 Å². The summed E-state index contributed by atoms with van der Waals surface area (Å²) in [5.74, 6) is 0.993. The highest BCUT2D eigenvalue weighted by Gasteiger charge is 2.45. The molecule has 0 unspecified atom stereocenters. The molecule has 0 atom stereocenters. The van der Waals surface area contributed by atoms with Crippen LogP contribution in [-0.2, 0) is 0 Å². The molecule has 0 radical (unpaired) electrons. The summed E-state index contributed by atoms with van der Waals surface area (Å²) in [6.45, 7) is 1.53. The first-order valence-electron chi connectivity index (χ1n) is 9.28. The number of piperidine rings is 1. The molecule has 1 aliphatic heterocycles. The van der Waals surface area contributed by atoms with Crippen LogP contribution in [0.1, 0.15) is 36.0 Å². The van der Waals surface area contributed by atoms with Gasteiger partial charge in [-0.2, -0.15) is 4.98 Å². The molecule has 1 spiro atoms. The minimum Gasteiger partial charge on any atom is -0.481 e. The maximum Gasteiger partial charge on any atom is 0.253 e. The number of aromatic nitrogens is 2. The Morgan fingerprint density at radius 3 is 2.56 bits per heavy atom. The number of carbonyl (C=O) groups excluding carboxylic acids is 1. The molecular weight excluding hydrogens is 344 g/mol. The van der Waals surface area contributed by atoms with E-state index in [-0.39, 0.29) is 17.4 Å². The first-order chi connectivity index (χ1) is 13.1. The Morgan fingerprint density at radius 1 is 1.22 bits per heavy atom. The van der Waals surface area contributed by atoms with Gasteiger partial charge in [0.1, 0.15) is 0 Å². The molecule has 1 aliphatic carbocycles. The van der Waals surface area contributed by atoms with Crippen molar-refractivity contribution >= 4 is 17.5 Å². The number of anilines is 2. The zero-order chi connectivity index (χ0) is 18.9. The van der Waals surface area contributed by atoms with E-state index in [4.69, 9.17) is 4.74 Å². The normalized spacial score (nSPS) is 18.8. The highest BCUT2D eigenvalue weighted by molar-refractivity contribution is 5.94. The summed E-state index contributed by atoms with van der Waals surface area (Å²) in [5, 5.41) is 12.7. The number of hydrogen-bond donors (Lipinski definition) is 2. The van der Waals surface area contributed by atoms with Crippen molar-refractivity contribution in [1.82, 2.24) is 14.9 Å². The molecule has 4 rings (SSSR count). The van der Waals surface area contributed by atoms with Gasteiger partial charge < -0.3 is 20.1 Å². The molecule has 142 valence electrons. The van der Waals surface area contributed by atoms with Gasteiger partial charge in [-0.1, -0.05) is 0 Å². The van der Waals surface area contributed by atoms with Crippen molar-refractivity contribution in [2.24, 2.45) is 5.41 Å². The van der Waals surface area contributed by atoms with Crippen LogP contribution >= 0.6 is 0 Å². The average Bonchev–Trinajstić information content (AvgIpc) is 2.68. The number of likely N-dealkylation sites (tertiary alicyclic amines) is 1. The van der Waals surface area contributed by atoms with Crippen molar-refractivity contribution < 1.29 is 14.6 Å². The highest BCUT2D eigenvalue weighted by Crippen LogP contribution is 2.49. The van der Waals surface area contributed by atoms with Gasteiger partial charge in [-0.25, -0.2) is 4.98 Å². The first-order valence-corrected chi connectivity index (χ1v) is 9.28. The van der Waals surface area contributed by atoms with Crippen LogP contribution in [0.2, 0.25) is 0 Å². The summed E-state index contributed by atoms with van der Waals surface area (Å²) >= 11 is 0. The SMILES string of the molecule is COc1ccnc(Nc2ccc(C(=O)N3CCC4(CC3)CC(O)C4)cc2)n1. The smallest absolute Gasteiger partial charge is 0.253 e. The van der Waals surface area contributed by atoms with Gasteiger partial charge in [0.05, 0.1) is 13.2 Å². The maximum absolute atomic E-state index is 12.7. The molecule has 1 aromatic carbocycles. The molecule has 0 bridgehead atoms. The monoisotopic (exact) mass is 368 g/mol. The van der Waals surface area contributed by atoms with Gasteiger partial charge in [-0.3, -0.25) is 4.79 Å². The summed E-state index contributed by atoms with van der Waals surface area (Å²) in [6, 6.07) is 9.03. The average molecular weight is 368 g/mol. The number of amides is 1. The minimum atomic E-state index is -0.138. The quantitative estimate of drug-likeness (QED) is 0.863. The molecule has 1 saturated carbocycles. The van der Waals surface area contributed by atoms with E-state index in [1.54, 1.807) is 19.4 Å². The fourth-order valence-corrected chi connectivity index (χ4v) is 4.06. The zero-order valence-electron chi connectivity index (χ0n) is 15.4. The summed E-state index contributed by atoms with van der Waals surface area (Å²) in [6.07, 6.45) is 5.24. The van der Waals surface area contributed by atoms with Crippen molar-refractivity contribution in [2.45, 2.75) is 31.8 Å². The minimum absolute atomic E-state index is 0.0638. The number of aliphatic hydroxyl groups excluding tert-OH is 1. The predicted molar refractivity (Wildman–Crippen MR) is 101 cm³/mol. The Kier molecular flexibility index (Phi) is 4.70. The summed E-state index contributed by atoms with van der Waals surface area (Å²) in [7, 11) is 1.56. The van der Waals surface area contributed by atoms with Gasteiger partial charge >= 0.3 is 0 Å². The summed E-state index contributed by atoms with van der Waals surface area (Å²) in [5.41, 5.74) is 1.76. The summed E-state index contributed by atoms with van der Waals surface area (Å²) < 4.78 is 5.09. The number of aliphatic hydroxyl groups is 1. The van der Waals surface area contributed by atoms with Crippen LogP contribution in [0.3, 0.4) is 0 Å². The molecule has 1 amide bonds. The molecule has 2 aromatic rings. The van der Waals surface area contributed by atoms with Gasteiger partial charge in [-0.05, 0) is 55.4 Å². The van der Waals surface area contributed by atoms with Crippen LogP contribution in [-0.4, -0.2) is 52.2 Å². The largest absolute Gasteiger partial charge is 0.481 e. The van der Waals surface area contributed by atoms with E-state index < -0.39 is 0 Å². The number of benzene rings is 1. The number of carbonyl (C=O) groups is 1. The lowest BCUT2D eigenvalue weighted by molar-refractivity contribution is -0.0637. The predicted octanol–water partition coefficient (Wildman–Crippen LogP) is 2.61. The van der Waals surface area contributed by atoms with Crippen molar-refractivity contribution in [3.63, 3.8) is 0 Å². The number of ether oxygens (including phenoxy) is 1. The first kappa shape index (κ1) is 17.7. The molecule has 2 N–H and O–H groups in total. The topological polar surface area (TPSA) is 87.6 Å². The van der Waals surface area contributed by atoms with Gasteiger partial charge in [0.25, 0.3) is 5.91 Å². The standard InChI is InChI=1S/C20H24N4O3/c1-27-17-6-9-21-19(23-17)22-15-4-2-14(3-5-15)18(26)24-10-7-20(8-11-24)12-16(25)13-20/h2-6,9,16,25H,7-8,10-13H2,1H3,(H,21,22,23). The zero-order valence-corrected chi connectivity index (χ0v) is 15.4. The van der Waals surface area contributed by atoms with E-state index in [9.17, 15) is 9.90 Å². The van der Waals surface area contributed by atoms with Crippen molar-refractivity contribution in [3.8, 4) is 5.88 Å². The molecule has 27 heavy (non-hydrogen) atoms. The van der Waals surface area contributed by atoms with E-state index in [0.29, 0.717) is 17.4 Å². The third-order valence-electron chi connectivity index (χ3n) is 5.68. The Bertz CT molecular complexity index is 808. The molecular formula is C20H24N4O3. The van der Waals surface area contributed by atoms with E-state index in [1.807, 2.05) is 29.2 Å². The van der Waals surface area contributed by atoms with E-state index in [0.717, 1.165) is 44.5 Å². The van der Waals surface area contributed by atoms with Gasteiger partial charge in [0, 0.05) is 36.6 Å². The van der Waals surface area contributed by atoms with Crippen LogP contribution in [0.5, 0.6) is 5.88 Å². The fraction of sp³-hybridized carbons (Fsp3) is 0.450. The molecule has 2 heterocycles. The van der Waals surface area contributed by atoms with Crippen LogP contribution in [0.4, 0.5) is 11.6 Å². The number of rotatable bonds is 4. The number of nitrogens with zero attached hydrogens (tertiary/aromatic N) is 3. The third-order valence-corrected chi connectivity index (χ3v) is 5.68. The Balaban J connectivity index is 1.36. The van der Waals surface area contributed by atoms with E-state index in [1.165, 1.54) is 0 Å². The molecule has 7 nitrogen and oxygen atoms in total. The van der Waals surface area contributed by atoms with E-state index in [2.05, 4.69) is 15.3 Å². The van der Waals surface area contributed by atoms with Crippen LogP contribution < -0.4 is 10.1 Å². The lowest BCUT2D eigenvalue weighted by atomic mass is 9.61. The number of nitrogens with one attached hydrogen (secondary N) is 1. The second-order valence-corrected chi connectivity index (χ2v) is 7.48. The van der Waals surface area contributed by atoms with Crippen LogP contribution in [0, 0.1) is 5.41 Å². The lowest BCUT2D eigenvalue weighted by Crippen LogP contribution is -2.50. The van der Waals surface area contributed by atoms with Crippen LogP contribution in [0.15, 0.2) is 36.5 Å². The lowest BCUT2D eigenvalue weighted by Gasteiger charge is -2.50. The van der Waals surface area contributed by atoms with Crippen LogP contribution in [0.25, 0.3) is 0 Å². The second-order valence-electron chi connectivity index (χ2n) is 7.48. The third kappa shape index (κ3) is 3.73. The number of methoxy groups -OCH3 is 1. The Morgan fingerprint density at radius 2 is 1.93 bits per heavy atom. The number of hydrogen-bond acceptors (Lipinski definition) is 6. The molecule has 1 saturated heterocycles. The van der Waals surface area contributed by atoms with Crippen molar-refractivity contribution in [1.29, 1.82) is 0 Å². The molecule has 2 fully saturated rings. The van der Waals surface area contributed by atoms with Crippen molar-refractivity contribution in [2.75, 3.05) is 25.5 Å². The van der Waals surface area contributed by atoms with Gasteiger partial charge in [-0.15, -0.1) is 0 Å². The fourth-order valence-electron chi connectivity index (χ4n) is 4.06. The molecule has 2 aliphatic rings. The van der Waals surface area contributed by atoms with Gasteiger partial charge in [0.15, 0.2) is 0 Å². The summed E-state index contributed by atoms with van der Waals surface area (Å²) in [4.78, 5) is 23.0. The Hall–Kier alpha value is -2.67. The molecule has 7 heteroatoms. The van der Waals surface area contributed by atoms with E-state index >= 15 is 0 Å². The molecule has 1 aromatic heterocycles. The second kappa shape index (κ2) is 7.15. The highest BCUT2D eigenvalue weighted by atomic mass is 16.5. The van der Waals surface area contributed by atoms with Gasteiger partial charge in [0.2, 0.25) is 11.8 Å². The maximum atomic E-state index is 12.7.